The molecule has 4 nitrogen and oxygen atoms in total. The molecule has 1 fully saturated rings. The average Bonchev–Trinajstić information content (AvgIpc) is 2.65. The highest BCUT2D eigenvalue weighted by molar-refractivity contribution is 5.78. The maximum Gasteiger partial charge on any atom is 0.220 e. The number of rotatable bonds is 1. The van der Waals surface area contributed by atoms with Crippen LogP contribution in [0.2, 0.25) is 0 Å². The third-order valence-electron chi connectivity index (χ3n) is 3.23. The molecule has 0 atom stereocenters. The van der Waals surface area contributed by atoms with Crippen molar-refractivity contribution in [1.82, 2.24) is 9.66 Å². The number of fused-ring (bicyclic) bond motifs is 1. The maximum atomic E-state index is 13.1. The lowest BCUT2D eigenvalue weighted by Crippen LogP contribution is -2.39. The van der Waals surface area contributed by atoms with Crippen LogP contribution in [0.15, 0.2) is 18.2 Å². The van der Waals surface area contributed by atoms with E-state index in [2.05, 4.69) is 9.99 Å². The Bertz CT molecular complexity index is 543. The van der Waals surface area contributed by atoms with E-state index in [4.69, 9.17) is 5.73 Å². The second-order valence-corrected chi connectivity index (χ2v) is 4.43. The van der Waals surface area contributed by atoms with E-state index < -0.39 is 0 Å². The number of hydrogen-bond donors (Lipinski definition) is 1. The molecule has 2 N–H and O–H groups in total. The highest BCUT2D eigenvalue weighted by Gasteiger charge is 2.16. The summed E-state index contributed by atoms with van der Waals surface area (Å²) in [6.07, 6.45) is 3.60. The van der Waals surface area contributed by atoms with Crippen molar-refractivity contribution in [2.24, 2.45) is 0 Å². The Morgan fingerprint density at radius 1 is 1.18 bits per heavy atom. The molecule has 0 spiro atoms. The molecule has 1 aromatic heterocycles. The fourth-order valence-electron chi connectivity index (χ4n) is 2.43. The van der Waals surface area contributed by atoms with Crippen LogP contribution in [0.5, 0.6) is 0 Å². The minimum absolute atomic E-state index is 0.277. The van der Waals surface area contributed by atoms with Gasteiger partial charge in [0.2, 0.25) is 5.95 Å². The highest BCUT2D eigenvalue weighted by atomic mass is 19.1. The lowest BCUT2D eigenvalue weighted by Gasteiger charge is -2.30. The molecule has 0 saturated carbocycles. The van der Waals surface area contributed by atoms with Crippen molar-refractivity contribution >= 4 is 17.0 Å². The largest absolute Gasteiger partial charge is 0.368 e. The minimum atomic E-state index is -0.277. The monoisotopic (exact) mass is 234 g/mol. The van der Waals surface area contributed by atoms with Gasteiger partial charge in [-0.3, -0.25) is 0 Å². The van der Waals surface area contributed by atoms with Crippen molar-refractivity contribution in [1.29, 1.82) is 0 Å². The number of aromatic nitrogens is 2. The molecule has 3 rings (SSSR count). The quantitative estimate of drug-likeness (QED) is 0.819. The molecular formula is C12H15FN4. The molecule has 2 aromatic rings. The van der Waals surface area contributed by atoms with E-state index in [1.807, 2.05) is 4.68 Å². The first-order chi connectivity index (χ1) is 8.25. The van der Waals surface area contributed by atoms with Crippen LogP contribution in [0.4, 0.5) is 10.3 Å². The second-order valence-electron chi connectivity index (χ2n) is 4.43. The third kappa shape index (κ3) is 1.71. The summed E-state index contributed by atoms with van der Waals surface area (Å²) in [5.41, 5.74) is 7.42. The first kappa shape index (κ1) is 10.4. The summed E-state index contributed by atoms with van der Waals surface area (Å²) in [6.45, 7) is 1.96. The summed E-state index contributed by atoms with van der Waals surface area (Å²) in [5.74, 6) is 0.160. The predicted octanol–water partition coefficient (Wildman–Crippen LogP) is 1.88. The molecule has 0 bridgehead atoms. The zero-order valence-corrected chi connectivity index (χ0v) is 9.56. The van der Waals surface area contributed by atoms with E-state index in [0.717, 1.165) is 18.6 Å². The second kappa shape index (κ2) is 3.91. The molecule has 1 aliphatic rings. The maximum absolute atomic E-state index is 13.1. The molecule has 0 radical (unpaired) electrons. The lowest BCUT2D eigenvalue weighted by atomic mass is 10.2. The van der Waals surface area contributed by atoms with Gasteiger partial charge in [-0.15, -0.1) is 0 Å². The van der Waals surface area contributed by atoms with Crippen LogP contribution < -0.4 is 10.7 Å². The number of piperidine rings is 1. The zero-order chi connectivity index (χ0) is 11.8. The molecule has 0 amide bonds. The van der Waals surface area contributed by atoms with Crippen LogP contribution in [0.1, 0.15) is 19.3 Å². The molecule has 5 heteroatoms. The van der Waals surface area contributed by atoms with Crippen LogP contribution in [0.3, 0.4) is 0 Å². The Morgan fingerprint density at radius 3 is 2.71 bits per heavy atom. The lowest BCUT2D eigenvalue weighted by molar-refractivity contribution is 0.489. The number of anilines is 1. The van der Waals surface area contributed by atoms with Crippen LogP contribution in [0.25, 0.3) is 11.0 Å². The van der Waals surface area contributed by atoms with Crippen LogP contribution in [-0.4, -0.2) is 22.7 Å². The molecule has 90 valence electrons. The fourth-order valence-corrected chi connectivity index (χ4v) is 2.43. The van der Waals surface area contributed by atoms with E-state index >= 15 is 0 Å². The predicted molar refractivity (Wildman–Crippen MR) is 65.9 cm³/mol. The van der Waals surface area contributed by atoms with E-state index in [1.165, 1.54) is 31.4 Å². The Hall–Kier alpha value is -1.78. The van der Waals surface area contributed by atoms with Crippen molar-refractivity contribution in [2.75, 3.05) is 23.8 Å². The molecular weight excluding hydrogens is 219 g/mol. The number of nitrogen functional groups attached to an aromatic ring is 1. The van der Waals surface area contributed by atoms with Gasteiger partial charge in [0, 0.05) is 19.2 Å². The zero-order valence-electron chi connectivity index (χ0n) is 9.56. The van der Waals surface area contributed by atoms with Gasteiger partial charge in [-0.25, -0.2) is 14.1 Å². The first-order valence-electron chi connectivity index (χ1n) is 5.94. The van der Waals surface area contributed by atoms with Gasteiger partial charge in [0.05, 0.1) is 11.0 Å². The van der Waals surface area contributed by atoms with Gasteiger partial charge in [0.25, 0.3) is 0 Å². The van der Waals surface area contributed by atoms with Crippen molar-refractivity contribution < 1.29 is 4.39 Å². The Kier molecular flexibility index (Phi) is 2.39. The summed E-state index contributed by atoms with van der Waals surface area (Å²) in [7, 11) is 0. The van der Waals surface area contributed by atoms with Gasteiger partial charge in [-0.2, -0.15) is 0 Å². The van der Waals surface area contributed by atoms with E-state index in [-0.39, 0.29) is 5.82 Å². The molecule has 1 aromatic carbocycles. The molecule has 1 aliphatic heterocycles. The third-order valence-corrected chi connectivity index (χ3v) is 3.23. The molecule has 0 aliphatic carbocycles. The highest BCUT2D eigenvalue weighted by Crippen LogP contribution is 2.21. The Labute approximate surface area is 98.8 Å². The Balaban J connectivity index is 2.11. The topological polar surface area (TPSA) is 47.1 Å². The van der Waals surface area contributed by atoms with Crippen LogP contribution in [-0.2, 0) is 0 Å². The van der Waals surface area contributed by atoms with Gasteiger partial charge in [0.1, 0.15) is 5.82 Å². The standard InChI is InChI=1S/C12H15FN4/c13-9-4-5-11-10(8-9)15-12(14)17(11)16-6-2-1-3-7-16/h4-5,8H,1-3,6-7H2,(H2,14,15). The number of hydrogen-bond acceptors (Lipinski definition) is 3. The summed E-state index contributed by atoms with van der Waals surface area (Å²) in [4.78, 5) is 4.21. The minimum Gasteiger partial charge on any atom is -0.368 e. The summed E-state index contributed by atoms with van der Waals surface area (Å²) >= 11 is 0. The first-order valence-corrected chi connectivity index (χ1v) is 5.94. The molecule has 0 unspecified atom stereocenters. The van der Waals surface area contributed by atoms with Crippen molar-refractivity contribution in [2.45, 2.75) is 19.3 Å². The van der Waals surface area contributed by atoms with Crippen molar-refractivity contribution in [3.05, 3.63) is 24.0 Å². The van der Waals surface area contributed by atoms with Gasteiger partial charge in [-0.05, 0) is 31.4 Å². The SMILES string of the molecule is Nc1nc2cc(F)ccc2n1N1CCCCC1. The van der Waals surface area contributed by atoms with E-state index in [1.54, 1.807) is 6.07 Å². The molecule has 2 heterocycles. The van der Waals surface area contributed by atoms with Gasteiger partial charge in [-0.1, -0.05) is 0 Å². The van der Waals surface area contributed by atoms with E-state index in [0.29, 0.717) is 11.5 Å². The van der Waals surface area contributed by atoms with Gasteiger partial charge >= 0.3 is 0 Å². The molecule has 1 saturated heterocycles. The summed E-state index contributed by atoms with van der Waals surface area (Å²) in [6, 6.07) is 4.61. The van der Waals surface area contributed by atoms with Crippen molar-refractivity contribution in [3.8, 4) is 0 Å². The summed E-state index contributed by atoms with van der Waals surface area (Å²) in [5, 5.41) is 2.19. The summed E-state index contributed by atoms with van der Waals surface area (Å²) < 4.78 is 15.0. The molecule has 17 heavy (non-hydrogen) atoms. The Morgan fingerprint density at radius 2 is 1.94 bits per heavy atom. The number of imidazole rings is 1. The van der Waals surface area contributed by atoms with Gasteiger partial charge in [0.15, 0.2) is 0 Å². The number of nitrogens with two attached hydrogens (primary N) is 1. The van der Waals surface area contributed by atoms with Crippen LogP contribution >= 0.6 is 0 Å². The number of halogens is 1. The average molecular weight is 234 g/mol. The number of nitrogens with zero attached hydrogens (tertiary/aromatic N) is 3. The van der Waals surface area contributed by atoms with Crippen LogP contribution in [0, 0.1) is 5.82 Å². The number of benzene rings is 1. The van der Waals surface area contributed by atoms with Gasteiger partial charge < -0.3 is 10.7 Å². The van der Waals surface area contributed by atoms with Crippen molar-refractivity contribution in [3.63, 3.8) is 0 Å². The fraction of sp³-hybridized carbons (Fsp3) is 0.417. The smallest absolute Gasteiger partial charge is 0.220 e. The normalized spacial score (nSPS) is 16.6. The van der Waals surface area contributed by atoms with E-state index in [9.17, 15) is 4.39 Å².